The second-order valence-electron chi connectivity index (χ2n) is 6.10. The van der Waals surface area contributed by atoms with Crippen LogP contribution in [0.25, 0.3) is 0 Å². The lowest BCUT2D eigenvalue weighted by Crippen LogP contribution is -2.26. The molecule has 0 aliphatic carbocycles. The van der Waals surface area contributed by atoms with Gasteiger partial charge in [0, 0.05) is 24.6 Å². The molecule has 27 heavy (non-hydrogen) atoms. The maximum Gasteiger partial charge on any atom is 0.254 e. The number of carbonyl (C=O) groups excluding carboxylic acids is 1. The van der Waals surface area contributed by atoms with Crippen molar-refractivity contribution in [3.05, 3.63) is 83.4 Å². The van der Waals surface area contributed by atoms with Crippen LogP contribution in [-0.2, 0) is 12.8 Å². The first-order valence-corrected chi connectivity index (χ1v) is 8.84. The number of anilines is 2. The molecule has 0 aliphatic rings. The molecule has 6 heteroatoms. The van der Waals surface area contributed by atoms with Crippen LogP contribution >= 0.6 is 0 Å². The summed E-state index contributed by atoms with van der Waals surface area (Å²) in [5, 5.41) is 5.92. The van der Waals surface area contributed by atoms with Crippen molar-refractivity contribution in [1.29, 1.82) is 0 Å². The molecule has 0 spiro atoms. The van der Waals surface area contributed by atoms with Gasteiger partial charge >= 0.3 is 0 Å². The normalized spacial score (nSPS) is 10.4. The number of aromatic nitrogens is 2. The van der Waals surface area contributed by atoms with Crippen molar-refractivity contribution in [3.63, 3.8) is 0 Å². The third-order valence-electron chi connectivity index (χ3n) is 4.14. The topological polar surface area (TPSA) is 66.9 Å². The van der Waals surface area contributed by atoms with Crippen molar-refractivity contribution in [1.82, 2.24) is 15.3 Å². The first-order valence-electron chi connectivity index (χ1n) is 8.84. The van der Waals surface area contributed by atoms with Crippen LogP contribution in [0, 0.1) is 5.82 Å². The number of hydrogen-bond acceptors (Lipinski definition) is 4. The molecule has 1 amide bonds. The minimum absolute atomic E-state index is 0.240. The Morgan fingerprint density at radius 1 is 0.963 bits per heavy atom. The van der Waals surface area contributed by atoms with Crippen molar-refractivity contribution in [2.24, 2.45) is 0 Å². The molecule has 2 aromatic carbocycles. The molecule has 0 saturated carbocycles. The smallest absolute Gasteiger partial charge is 0.254 e. The van der Waals surface area contributed by atoms with Crippen LogP contribution in [0.4, 0.5) is 16.0 Å². The van der Waals surface area contributed by atoms with Gasteiger partial charge in [0.05, 0.1) is 5.56 Å². The quantitative estimate of drug-likeness (QED) is 0.667. The summed E-state index contributed by atoms with van der Waals surface area (Å²) >= 11 is 0. The van der Waals surface area contributed by atoms with E-state index in [0.717, 1.165) is 17.7 Å². The molecular formula is C21H21FN4O. The van der Waals surface area contributed by atoms with Crippen molar-refractivity contribution in [2.75, 3.05) is 11.9 Å². The lowest BCUT2D eigenvalue weighted by Gasteiger charge is -2.07. The van der Waals surface area contributed by atoms with E-state index < -0.39 is 0 Å². The summed E-state index contributed by atoms with van der Waals surface area (Å²) in [5.41, 5.74) is 3.50. The number of nitrogens with zero attached hydrogens (tertiary/aromatic N) is 2. The van der Waals surface area contributed by atoms with Crippen molar-refractivity contribution in [2.45, 2.75) is 19.8 Å². The highest BCUT2D eigenvalue weighted by Crippen LogP contribution is 2.14. The fraction of sp³-hybridized carbons (Fsp3) is 0.190. The van der Waals surface area contributed by atoms with Crippen LogP contribution in [0.15, 0.2) is 60.9 Å². The molecule has 138 valence electrons. The second-order valence-corrected chi connectivity index (χ2v) is 6.10. The maximum absolute atomic E-state index is 12.9. The molecular weight excluding hydrogens is 343 g/mol. The summed E-state index contributed by atoms with van der Waals surface area (Å²) < 4.78 is 12.9. The summed E-state index contributed by atoms with van der Waals surface area (Å²) in [4.78, 5) is 20.5. The third kappa shape index (κ3) is 5.34. The predicted octanol–water partition coefficient (Wildman–Crippen LogP) is 3.89. The van der Waals surface area contributed by atoms with Gasteiger partial charge in [-0.3, -0.25) is 4.79 Å². The molecule has 0 radical (unpaired) electrons. The lowest BCUT2D eigenvalue weighted by molar-refractivity contribution is 0.0953. The van der Waals surface area contributed by atoms with Crippen molar-refractivity contribution < 1.29 is 9.18 Å². The zero-order valence-corrected chi connectivity index (χ0v) is 15.1. The Balaban J connectivity index is 1.51. The SMILES string of the molecule is CCc1ccc(Nc2ncc(C(=O)NCCc3ccc(F)cc3)cn2)cc1. The number of hydrogen-bond donors (Lipinski definition) is 2. The van der Waals surface area contributed by atoms with Gasteiger partial charge in [0.1, 0.15) is 5.82 Å². The number of benzene rings is 2. The Kier molecular flexibility index (Phi) is 6.10. The first-order chi connectivity index (χ1) is 13.1. The average molecular weight is 364 g/mol. The van der Waals surface area contributed by atoms with Crippen molar-refractivity contribution in [3.8, 4) is 0 Å². The number of carbonyl (C=O) groups is 1. The molecule has 2 N–H and O–H groups in total. The summed E-state index contributed by atoms with van der Waals surface area (Å²) in [6, 6.07) is 14.3. The molecule has 1 aromatic heterocycles. The standard InChI is InChI=1S/C21H21FN4O/c1-2-15-5-9-19(10-6-15)26-21-24-13-17(14-25-21)20(27)23-12-11-16-3-7-18(22)8-4-16/h3-10,13-14H,2,11-12H2,1H3,(H,23,27)(H,24,25,26). The molecule has 3 rings (SSSR count). The Morgan fingerprint density at radius 2 is 1.59 bits per heavy atom. The van der Waals surface area contributed by atoms with E-state index in [2.05, 4.69) is 27.5 Å². The van der Waals surface area contributed by atoms with Gasteiger partial charge < -0.3 is 10.6 Å². The van der Waals surface area contributed by atoms with Gasteiger partial charge in [0.25, 0.3) is 5.91 Å². The van der Waals surface area contributed by atoms with E-state index in [-0.39, 0.29) is 11.7 Å². The van der Waals surface area contributed by atoms with Crippen LogP contribution in [0.2, 0.25) is 0 Å². The molecule has 0 saturated heterocycles. The summed E-state index contributed by atoms with van der Waals surface area (Å²) in [6.45, 7) is 2.56. The fourth-order valence-electron chi connectivity index (χ4n) is 2.54. The third-order valence-corrected chi connectivity index (χ3v) is 4.14. The molecule has 0 unspecified atom stereocenters. The molecule has 0 aliphatic heterocycles. The van der Waals surface area contributed by atoms with Crippen molar-refractivity contribution >= 4 is 17.5 Å². The van der Waals surface area contributed by atoms with E-state index in [4.69, 9.17) is 0 Å². The first kappa shape index (κ1) is 18.5. The number of amides is 1. The van der Waals surface area contributed by atoms with E-state index >= 15 is 0 Å². The zero-order valence-electron chi connectivity index (χ0n) is 15.1. The van der Waals surface area contributed by atoms with E-state index in [9.17, 15) is 9.18 Å². The Morgan fingerprint density at radius 3 is 2.22 bits per heavy atom. The average Bonchev–Trinajstić information content (AvgIpc) is 2.70. The highest BCUT2D eigenvalue weighted by molar-refractivity contribution is 5.93. The van der Waals surface area contributed by atoms with E-state index in [0.29, 0.717) is 24.5 Å². The number of nitrogens with one attached hydrogen (secondary N) is 2. The highest BCUT2D eigenvalue weighted by atomic mass is 19.1. The largest absolute Gasteiger partial charge is 0.352 e. The van der Waals surface area contributed by atoms with Gasteiger partial charge in [-0.1, -0.05) is 31.2 Å². The Hall–Kier alpha value is -3.28. The van der Waals surface area contributed by atoms with Crippen LogP contribution < -0.4 is 10.6 Å². The highest BCUT2D eigenvalue weighted by Gasteiger charge is 2.07. The number of aryl methyl sites for hydroxylation is 1. The fourth-order valence-corrected chi connectivity index (χ4v) is 2.54. The Bertz CT molecular complexity index is 878. The van der Waals surface area contributed by atoms with E-state index in [1.807, 2.05) is 24.3 Å². The van der Waals surface area contributed by atoms with Gasteiger partial charge in [-0.15, -0.1) is 0 Å². The van der Waals surface area contributed by atoms with Gasteiger partial charge in [-0.25, -0.2) is 14.4 Å². The van der Waals surface area contributed by atoms with Crippen LogP contribution in [-0.4, -0.2) is 22.4 Å². The van der Waals surface area contributed by atoms with Crippen LogP contribution in [0.5, 0.6) is 0 Å². The van der Waals surface area contributed by atoms with Gasteiger partial charge in [-0.2, -0.15) is 0 Å². The second kappa shape index (κ2) is 8.89. The molecule has 5 nitrogen and oxygen atoms in total. The summed E-state index contributed by atoms with van der Waals surface area (Å²) in [7, 11) is 0. The Labute approximate surface area is 157 Å². The predicted molar refractivity (Wildman–Crippen MR) is 104 cm³/mol. The molecule has 0 atom stereocenters. The molecule has 3 aromatic rings. The summed E-state index contributed by atoms with van der Waals surface area (Å²) in [5.74, 6) is -0.0759. The van der Waals surface area contributed by atoms with Gasteiger partial charge in [0.15, 0.2) is 0 Å². The minimum Gasteiger partial charge on any atom is -0.352 e. The maximum atomic E-state index is 12.9. The monoisotopic (exact) mass is 364 g/mol. The van der Waals surface area contributed by atoms with Crippen LogP contribution in [0.3, 0.4) is 0 Å². The van der Waals surface area contributed by atoms with Gasteiger partial charge in [0.2, 0.25) is 5.95 Å². The zero-order chi connectivity index (χ0) is 19.1. The van der Waals surface area contributed by atoms with E-state index in [1.165, 1.54) is 30.1 Å². The minimum atomic E-state index is -0.269. The van der Waals surface area contributed by atoms with E-state index in [1.54, 1.807) is 12.1 Å². The molecule has 0 fully saturated rings. The number of halogens is 1. The lowest BCUT2D eigenvalue weighted by atomic mass is 10.1. The number of rotatable bonds is 7. The molecule has 0 bridgehead atoms. The molecule has 1 heterocycles. The van der Waals surface area contributed by atoms with Crippen LogP contribution in [0.1, 0.15) is 28.4 Å². The van der Waals surface area contributed by atoms with Gasteiger partial charge in [-0.05, 0) is 48.2 Å². The summed E-state index contributed by atoms with van der Waals surface area (Å²) in [6.07, 6.45) is 4.59.